The largest absolute Gasteiger partial charge is 0.273 e. The highest BCUT2D eigenvalue weighted by molar-refractivity contribution is 5.93. The van der Waals surface area contributed by atoms with Crippen molar-refractivity contribution in [2.24, 2.45) is 0 Å². The summed E-state index contributed by atoms with van der Waals surface area (Å²) in [5.74, 6) is -0.419. The molecule has 1 aliphatic heterocycles. The van der Waals surface area contributed by atoms with E-state index in [1.165, 1.54) is 11.1 Å². The van der Waals surface area contributed by atoms with Crippen molar-refractivity contribution in [2.75, 3.05) is 0 Å². The van der Waals surface area contributed by atoms with Crippen LogP contribution in [0.2, 0.25) is 0 Å². The van der Waals surface area contributed by atoms with E-state index in [4.69, 9.17) is 0 Å². The zero-order valence-corrected chi connectivity index (χ0v) is 9.87. The maximum Gasteiger partial charge on any atom is 0.262 e. The second kappa shape index (κ2) is 5.82. The van der Waals surface area contributed by atoms with Crippen LogP contribution in [0, 0.1) is 0 Å². The van der Waals surface area contributed by atoms with Gasteiger partial charge >= 0.3 is 0 Å². The van der Waals surface area contributed by atoms with Crippen LogP contribution >= 0.6 is 0 Å². The first-order valence-electron chi connectivity index (χ1n) is 5.78. The number of benzene rings is 1. The molecule has 0 spiro atoms. The van der Waals surface area contributed by atoms with Gasteiger partial charge in [0.05, 0.1) is 0 Å². The molecule has 2 rings (SSSR count). The molecule has 4 heteroatoms. The van der Waals surface area contributed by atoms with E-state index in [9.17, 15) is 9.59 Å². The lowest BCUT2D eigenvalue weighted by atomic mass is 10.2. The molecule has 1 aromatic rings. The fourth-order valence-corrected chi connectivity index (χ4v) is 1.58. The van der Waals surface area contributed by atoms with Gasteiger partial charge in [-0.15, -0.1) is 0 Å². The quantitative estimate of drug-likeness (QED) is 0.822. The Kier molecular flexibility index (Phi) is 3.91. The fraction of sp³-hybridized carbons (Fsp3) is 0.143. The second-order valence-electron chi connectivity index (χ2n) is 3.91. The third kappa shape index (κ3) is 3.31. The van der Waals surface area contributed by atoms with E-state index in [0.29, 0.717) is 6.42 Å². The van der Waals surface area contributed by atoms with Gasteiger partial charge in [0.2, 0.25) is 5.91 Å². The molecule has 0 unspecified atom stereocenters. The van der Waals surface area contributed by atoms with Gasteiger partial charge in [0, 0.05) is 18.7 Å². The molecule has 0 aliphatic carbocycles. The Labute approximate surface area is 106 Å². The molecule has 0 saturated carbocycles. The molecule has 0 fully saturated rings. The first-order valence-corrected chi connectivity index (χ1v) is 5.78. The van der Waals surface area contributed by atoms with Crippen molar-refractivity contribution < 1.29 is 9.59 Å². The minimum atomic E-state index is -0.321. The third-order valence-corrected chi connectivity index (χ3v) is 2.51. The van der Waals surface area contributed by atoms with Crippen LogP contribution in [0.5, 0.6) is 0 Å². The van der Waals surface area contributed by atoms with Gasteiger partial charge in [0.1, 0.15) is 0 Å². The normalized spacial score (nSPS) is 15.1. The van der Waals surface area contributed by atoms with Gasteiger partial charge < -0.3 is 0 Å². The molecular weight excluding hydrogens is 228 g/mol. The predicted molar refractivity (Wildman–Crippen MR) is 68.8 cm³/mol. The summed E-state index contributed by atoms with van der Waals surface area (Å²) in [7, 11) is 0. The van der Waals surface area contributed by atoms with E-state index >= 15 is 0 Å². The lowest BCUT2D eigenvalue weighted by molar-refractivity contribution is -0.136. The summed E-state index contributed by atoms with van der Waals surface area (Å²) in [5.41, 5.74) is 3.45. The van der Waals surface area contributed by atoms with E-state index < -0.39 is 0 Å². The van der Waals surface area contributed by atoms with Crippen molar-refractivity contribution in [3.05, 3.63) is 54.2 Å². The first-order chi connectivity index (χ1) is 8.75. The van der Waals surface area contributed by atoms with E-state index in [1.807, 2.05) is 36.4 Å². The second-order valence-corrected chi connectivity index (χ2v) is 3.91. The summed E-state index contributed by atoms with van der Waals surface area (Å²) in [5, 5.41) is 1.22. The molecule has 4 nitrogen and oxygen atoms in total. The van der Waals surface area contributed by atoms with Gasteiger partial charge in [-0.25, -0.2) is 5.01 Å². The average molecular weight is 242 g/mol. The number of hydrogen-bond donors (Lipinski definition) is 1. The van der Waals surface area contributed by atoms with Crippen molar-refractivity contribution in [3.63, 3.8) is 0 Å². The molecule has 1 aromatic carbocycles. The topological polar surface area (TPSA) is 49.4 Å². The van der Waals surface area contributed by atoms with Crippen LogP contribution in [0.15, 0.2) is 48.7 Å². The van der Waals surface area contributed by atoms with E-state index in [1.54, 1.807) is 12.3 Å². The van der Waals surface area contributed by atoms with Crippen LogP contribution in [0.1, 0.15) is 18.4 Å². The molecule has 1 aliphatic rings. The molecule has 0 bridgehead atoms. The summed E-state index contributed by atoms with van der Waals surface area (Å²) < 4.78 is 0. The standard InChI is InChI=1S/C14H14N2O2/c17-13(10-9-12-6-2-1-3-7-12)15-16-11-5-4-8-14(16)18/h1-3,5-7,9-11H,4,8H2,(H,15,17). The molecular formula is C14H14N2O2. The fourth-order valence-electron chi connectivity index (χ4n) is 1.58. The molecule has 0 saturated heterocycles. The smallest absolute Gasteiger partial charge is 0.262 e. The van der Waals surface area contributed by atoms with E-state index in [0.717, 1.165) is 12.0 Å². The number of nitrogens with one attached hydrogen (secondary N) is 1. The molecule has 2 amide bonds. The van der Waals surface area contributed by atoms with E-state index in [-0.39, 0.29) is 11.8 Å². The van der Waals surface area contributed by atoms with Crippen LogP contribution in [0.3, 0.4) is 0 Å². The number of carbonyl (C=O) groups excluding carboxylic acids is 2. The van der Waals surface area contributed by atoms with Gasteiger partial charge in [-0.3, -0.25) is 15.0 Å². The Balaban J connectivity index is 1.93. The molecule has 18 heavy (non-hydrogen) atoms. The number of rotatable bonds is 3. The Bertz CT molecular complexity index is 492. The molecule has 0 atom stereocenters. The molecule has 0 radical (unpaired) electrons. The summed E-state index contributed by atoms with van der Waals surface area (Å²) in [6.45, 7) is 0. The zero-order chi connectivity index (χ0) is 12.8. The van der Waals surface area contributed by atoms with Crippen molar-refractivity contribution >= 4 is 17.9 Å². The highest BCUT2D eigenvalue weighted by atomic mass is 16.2. The maximum atomic E-state index is 11.6. The molecule has 1 heterocycles. The van der Waals surface area contributed by atoms with Gasteiger partial charge in [0.25, 0.3) is 5.91 Å². The first kappa shape index (κ1) is 12.1. The summed E-state index contributed by atoms with van der Waals surface area (Å²) in [6, 6.07) is 9.50. The van der Waals surface area contributed by atoms with E-state index in [2.05, 4.69) is 5.43 Å². The van der Waals surface area contributed by atoms with Crippen LogP contribution in [-0.4, -0.2) is 16.8 Å². The highest BCUT2D eigenvalue weighted by Crippen LogP contribution is 2.05. The number of carbonyl (C=O) groups is 2. The number of nitrogens with zero attached hydrogens (tertiary/aromatic N) is 1. The van der Waals surface area contributed by atoms with Crippen LogP contribution < -0.4 is 5.43 Å². The van der Waals surface area contributed by atoms with Crippen molar-refractivity contribution in [3.8, 4) is 0 Å². The Morgan fingerprint density at radius 1 is 1.28 bits per heavy atom. The SMILES string of the molecule is O=C(C=Cc1ccccc1)NN1C=CCCC1=O. The van der Waals surface area contributed by atoms with Crippen LogP contribution in [-0.2, 0) is 9.59 Å². The average Bonchev–Trinajstić information content (AvgIpc) is 2.40. The van der Waals surface area contributed by atoms with Crippen LogP contribution in [0.4, 0.5) is 0 Å². The molecule has 0 aromatic heterocycles. The minimum absolute atomic E-state index is 0.0982. The highest BCUT2D eigenvalue weighted by Gasteiger charge is 2.14. The van der Waals surface area contributed by atoms with Crippen molar-refractivity contribution in [2.45, 2.75) is 12.8 Å². The number of allylic oxidation sites excluding steroid dienone is 1. The lowest BCUT2D eigenvalue weighted by Crippen LogP contribution is -2.42. The van der Waals surface area contributed by atoms with Gasteiger partial charge in [-0.05, 0) is 18.1 Å². The third-order valence-electron chi connectivity index (χ3n) is 2.51. The lowest BCUT2D eigenvalue weighted by Gasteiger charge is -2.20. The Morgan fingerprint density at radius 2 is 2.06 bits per heavy atom. The van der Waals surface area contributed by atoms with Crippen LogP contribution in [0.25, 0.3) is 6.08 Å². The number of amides is 2. The maximum absolute atomic E-state index is 11.6. The number of hydrazine groups is 1. The molecule has 1 N–H and O–H groups in total. The Morgan fingerprint density at radius 3 is 2.78 bits per heavy atom. The zero-order valence-electron chi connectivity index (χ0n) is 9.87. The van der Waals surface area contributed by atoms with Gasteiger partial charge in [-0.2, -0.15) is 0 Å². The van der Waals surface area contributed by atoms with Crippen molar-refractivity contribution in [1.82, 2.24) is 10.4 Å². The number of hydrogen-bond acceptors (Lipinski definition) is 2. The van der Waals surface area contributed by atoms with Gasteiger partial charge in [0.15, 0.2) is 0 Å². The van der Waals surface area contributed by atoms with Gasteiger partial charge in [-0.1, -0.05) is 36.4 Å². The summed E-state index contributed by atoms with van der Waals surface area (Å²) in [4.78, 5) is 23.0. The summed E-state index contributed by atoms with van der Waals surface area (Å²) in [6.07, 6.45) is 7.70. The monoisotopic (exact) mass is 242 g/mol. The Hall–Kier alpha value is -2.36. The molecule has 92 valence electrons. The van der Waals surface area contributed by atoms with Crippen molar-refractivity contribution in [1.29, 1.82) is 0 Å². The summed E-state index contributed by atoms with van der Waals surface area (Å²) >= 11 is 0. The minimum Gasteiger partial charge on any atom is -0.273 e. The predicted octanol–water partition coefficient (Wildman–Crippen LogP) is 1.87.